The van der Waals surface area contributed by atoms with Crippen LogP contribution in [0.15, 0.2) is 11.8 Å². The van der Waals surface area contributed by atoms with E-state index in [1.807, 2.05) is 4.68 Å². The molecule has 2 N–H and O–H groups in total. The summed E-state index contributed by atoms with van der Waals surface area (Å²) in [4.78, 5) is 0. The SMILES string of the molecule is CCn1cc(/C=C2\C[C@H]3[C@@H]4CC[C@@H]5C[C@@H](O)CC[C@]5(C)[C@H]4CC[C@]3(C)[C@@H]2O)c(C)n1. The first-order valence-electron chi connectivity index (χ1n) is 12.4. The van der Waals surface area contributed by atoms with Crippen molar-refractivity contribution >= 4 is 6.08 Å². The maximum absolute atomic E-state index is 11.5. The number of fused-ring (bicyclic) bond motifs is 5. The Labute approximate surface area is 181 Å². The third-order valence-electron chi connectivity index (χ3n) is 10.2. The van der Waals surface area contributed by atoms with Crippen molar-refractivity contribution in [2.45, 2.75) is 97.8 Å². The van der Waals surface area contributed by atoms with Crippen LogP contribution in [0.25, 0.3) is 6.08 Å². The van der Waals surface area contributed by atoms with Gasteiger partial charge in [-0.15, -0.1) is 0 Å². The van der Waals surface area contributed by atoms with Crippen molar-refractivity contribution in [2.75, 3.05) is 0 Å². The molecule has 166 valence electrons. The second kappa shape index (κ2) is 7.20. The van der Waals surface area contributed by atoms with E-state index in [-0.39, 0.29) is 17.6 Å². The lowest BCUT2D eigenvalue weighted by molar-refractivity contribution is -0.133. The quantitative estimate of drug-likeness (QED) is 0.721. The van der Waals surface area contributed by atoms with Crippen molar-refractivity contribution in [3.8, 4) is 0 Å². The van der Waals surface area contributed by atoms with Crippen LogP contribution < -0.4 is 0 Å². The van der Waals surface area contributed by atoms with Crippen LogP contribution in [-0.4, -0.2) is 32.2 Å². The van der Waals surface area contributed by atoms with E-state index in [0.29, 0.717) is 17.3 Å². The number of aryl methyl sites for hydroxylation is 2. The molecule has 4 fully saturated rings. The minimum atomic E-state index is -0.327. The molecule has 0 amide bonds. The highest BCUT2D eigenvalue weighted by Crippen LogP contribution is 2.67. The van der Waals surface area contributed by atoms with Crippen molar-refractivity contribution in [3.63, 3.8) is 0 Å². The summed E-state index contributed by atoms with van der Waals surface area (Å²) < 4.78 is 1.99. The lowest BCUT2D eigenvalue weighted by Gasteiger charge is -2.60. The van der Waals surface area contributed by atoms with E-state index in [1.54, 1.807) is 0 Å². The summed E-state index contributed by atoms with van der Waals surface area (Å²) in [6, 6.07) is 0. The molecule has 1 heterocycles. The molecule has 0 aliphatic heterocycles. The van der Waals surface area contributed by atoms with Crippen molar-refractivity contribution in [2.24, 2.45) is 34.5 Å². The molecule has 4 aliphatic rings. The van der Waals surface area contributed by atoms with E-state index in [1.165, 1.54) is 36.8 Å². The first-order chi connectivity index (χ1) is 14.3. The number of nitrogens with zero attached hydrogens (tertiary/aromatic N) is 2. The summed E-state index contributed by atoms with van der Waals surface area (Å²) in [6.45, 7) is 9.97. The molecule has 0 unspecified atom stereocenters. The Morgan fingerprint density at radius 2 is 1.87 bits per heavy atom. The normalized spacial score (nSPS) is 47.1. The average molecular weight is 413 g/mol. The highest BCUT2D eigenvalue weighted by atomic mass is 16.3. The summed E-state index contributed by atoms with van der Waals surface area (Å²) in [5, 5.41) is 26.3. The molecule has 0 spiro atoms. The molecule has 0 aromatic carbocycles. The van der Waals surface area contributed by atoms with Crippen LogP contribution >= 0.6 is 0 Å². The summed E-state index contributed by atoms with van der Waals surface area (Å²) in [5.74, 6) is 2.76. The van der Waals surface area contributed by atoms with Gasteiger partial charge in [-0.2, -0.15) is 5.10 Å². The molecule has 30 heavy (non-hydrogen) atoms. The van der Waals surface area contributed by atoms with Crippen molar-refractivity contribution in [1.82, 2.24) is 9.78 Å². The second-order valence-corrected chi connectivity index (χ2v) is 11.5. The molecule has 4 heteroatoms. The largest absolute Gasteiger partial charge is 0.393 e. The van der Waals surface area contributed by atoms with Crippen LogP contribution in [0.2, 0.25) is 0 Å². The Morgan fingerprint density at radius 3 is 2.60 bits per heavy atom. The maximum Gasteiger partial charge on any atom is 0.0809 e. The van der Waals surface area contributed by atoms with Crippen LogP contribution in [0.3, 0.4) is 0 Å². The number of hydrogen-bond donors (Lipinski definition) is 2. The van der Waals surface area contributed by atoms with Crippen LogP contribution in [0.4, 0.5) is 0 Å². The number of rotatable bonds is 2. The van der Waals surface area contributed by atoms with Crippen molar-refractivity contribution < 1.29 is 10.2 Å². The zero-order valence-electron chi connectivity index (χ0n) is 19.3. The van der Waals surface area contributed by atoms with Gasteiger partial charge in [-0.1, -0.05) is 13.8 Å². The number of aromatic nitrogens is 2. The van der Waals surface area contributed by atoms with Gasteiger partial charge in [0.15, 0.2) is 0 Å². The molecule has 8 atom stereocenters. The molecule has 1 aromatic heterocycles. The molecule has 4 aliphatic carbocycles. The minimum absolute atomic E-state index is 0.0129. The van der Waals surface area contributed by atoms with Crippen molar-refractivity contribution in [3.05, 3.63) is 23.0 Å². The van der Waals surface area contributed by atoms with Gasteiger partial charge in [-0.3, -0.25) is 4.68 Å². The van der Waals surface area contributed by atoms with E-state index in [4.69, 9.17) is 0 Å². The third-order valence-corrected chi connectivity index (χ3v) is 10.2. The van der Waals surface area contributed by atoms with E-state index in [9.17, 15) is 10.2 Å². The molecular formula is C26H40N2O2. The Morgan fingerprint density at radius 1 is 1.10 bits per heavy atom. The molecule has 4 nitrogen and oxygen atoms in total. The van der Waals surface area contributed by atoms with Crippen LogP contribution in [0, 0.1) is 41.4 Å². The fourth-order valence-electron chi connectivity index (χ4n) is 8.27. The lowest BCUT2D eigenvalue weighted by atomic mass is 9.45. The molecular weight excluding hydrogens is 372 g/mol. The summed E-state index contributed by atoms with van der Waals surface area (Å²) >= 11 is 0. The fraction of sp³-hybridized carbons (Fsp3) is 0.808. The number of hydrogen-bond acceptors (Lipinski definition) is 3. The summed E-state index contributed by atoms with van der Waals surface area (Å²) in [6.07, 6.45) is 13.1. The van der Waals surface area contributed by atoms with E-state index in [0.717, 1.165) is 49.8 Å². The molecule has 4 saturated carbocycles. The zero-order valence-corrected chi connectivity index (χ0v) is 19.3. The molecule has 0 saturated heterocycles. The van der Waals surface area contributed by atoms with Gasteiger partial charge in [0.25, 0.3) is 0 Å². The Hall–Kier alpha value is -1.13. The predicted octanol–water partition coefficient (Wildman–Crippen LogP) is 4.97. The first kappa shape index (κ1) is 20.8. The van der Waals surface area contributed by atoms with Gasteiger partial charge in [-0.25, -0.2) is 0 Å². The smallest absolute Gasteiger partial charge is 0.0809 e. The van der Waals surface area contributed by atoms with Gasteiger partial charge in [-0.05, 0) is 106 Å². The van der Waals surface area contributed by atoms with Gasteiger partial charge in [0.05, 0.1) is 17.9 Å². The van der Waals surface area contributed by atoms with E-state index < -0.39 is 0 Å². The fourth-order valence-corrected chi connectivity index (χ4v) is 8.27. The number of aliphatic hydroxyl groups excluding tert-OH is 2. The maximum atomic E-state index is 11.5. The van der Waals surface area contributed by atoms with Crippen LogP contribution in [0.1, 0.15) is 83.4 Å². The molecule has 5 rings (SSSR count). The van der Waals surface area contributed by atoms with Crippen LogP contribution in [-0.2, 0) is 6.54 Å². The van der Waals surface area contributed by atoms with Gasteiger partial charge < -0.3 is 10.2 Å². The van der Waals surface area contributed by atoms with Gasteiger partial charge in [0.1, 0.15) is 0 Å². The molecule has 0 radical (unpaired) electrons. The third kappa shape index (κ3) is 2.97. The Kier molecular flexibility index (Phi) is 4.98. The van der Waals surface area contributed by atoms with E-state index in [2.05, 4.69) is 45.1 Å². The first-order valence-corrected chi connectivity index (χ1v) is 12.4. The predicted molar refractivity (Wildman–Crippen MR) is 120 cm³/mol. The van der Waals surface area contributed by atoms with Gasteiger partial charge in [0, 0.05) is 23.7 Å². The monoisotopic (exact) mass is 412 g/mol. The molecule has 0 bridgehead atoms. The Bertz CT molecular complexity index is 844. The number of aliphatic hydroxyl groups is 2. The lowest BCUT2D eigenvalue weighted by Crippen LogP contribution is -2.54. The van der Waals surface area contributed by atoms with Crippen LogP contribution in [0.5, 0.6) is 0 Å². The second-order valence-electron chi connectivity index (χ2n) is 11.5. The average Bonchev–Trinajstić information content (AvgIpc) is 3.20. The zero-order chi connectivity index (χ0) is 21.3. The van der Waals surface area contributed by atoms with Gasteiger partial charge in [0.2, 0.25) is 0 Å². The van der Waals surface area contributed by atoms with Crippen molar-refractivity contribution in [1.29, 1.82) is 0 Å². The van der Waals surface area contributed by atoms with E-state index >= 15 is 0 Å². The topological polar surface area (TPSA) is 58.3 Å². The highest BCUT2D eigenvalue weighted by molar-refractivity contribution is 5.56. The highest BCUT2D eigenvalue weighted by Gasteiger charge is 2.61. The standard InChI is InChI=1S/C26H40N2O2/c1-5-28-15-18(16(2)27-28)12-17-13-23-21-7-6-19-14-20(29)8-10-25(19,3)22(21)9-11-26(23,4)24(17)30/h12,15,19-24,29-30H,5-11,13-14H2,1-4H3/b17-12+/t19-,20+,21-,22+,23+,24-,25+,26+/m1/s1. The molecule has 1 aromatic rings. The van der Waals surface area contributed by atoms with Gasteiger partial charge >= 0.3 is 0 Å². The Balaban J connectivity index is 1.44. The minimum Gasteiger partial charge on any atom is -0.393 e. The summed E-state index contributed by atoms with van der Waals surface area (Å²) in [5.41, 5.74) is 3.86. The summed E-state index contributed by atoms with van der Waals surface area (Å²) in [7, 11) is 0.